The van der Waals surface area contributed by atoms with E-state index in [1.807, 2.05) is 6.92 Å². The van der Waals surface area contributed by atoms with Crippen molar-refractivity contribution < 1.29 is 17.9 Å². The summed E-state index contributed by atoms with van der Waals surface area (Å²) in [5.41, 5.74) is 2.78. The Morgan fingerprint density at radius 3 is 2.83 bits per heavy atom. The summed E-state index contributed by atoms with van der Waals surface area (Å²) in [5, 5.41) is 3.16. The largest absolute Gasteiger partial charge is 0.411 e. The Hall–Kier alpha value is -1.21. The van der Waals surface area contributed by atoms with Gasteiger partial charge in [0.25, 0.3) is 0 Å². The van der Waals surface area contributed by atoms with Crippen molar-refractivity contribution in [2.45, 2.75) is 32.7 Å². The van der Waals surface area contributed by atoms with Crippen LogP contribution in [0.15, 0.2) is 0 Å². The third kappa shape index (κ3) is 3.39. The van der Waals surface area contributed by atoms with E-state index in [9.17, 15) is 13.2 Å². The molecule has 2 heterocycles. The summed E-state index contributed by atoms with van der Waals surface area (Å²) in [6.45, 7) is 1.86. The first-order valence-corrected chi connectivity index (χ1v) is 5.66. The number of ether oxygens (including phenoxy) is 1. The number of nitrogens with one attached hydrogen (secondary N) is 1. The third-order valence-corrected chi connectivity index (χ3v) is 2.69. The zero-order valence-electron chi connectivity index (χ0n) is 9.97. The van der Waals surface area contributed by atoms with Gasteiger partial charge >= 0.3 is 6.18 Å². The normalized spacial score (nSPS) is 15.6. The van der Waals surface area contributed by atoms with Crippen LogP contribution in [0.25, 0.3) is 0 Å². The van der Waals surface area contributed by atoms with E-state index in [1.165, 1.54) is 0 Å². The summed E-state index contributed by atoms with van der Waals surface area (Å²) in [7, 11) is 0. The number of hydrogen-bond donors (Lipinski definition) is 1. The molecule has 0 atom stereocenters. The van der Waals surface area contributed by atoms with Crippen LogP contribution in [0.3, 0.4) is 0 Å². The summed E-state index contributed by atoms with van der Waals surface area (Å²) in [5.74, 6) is 0.305. The second kappa shape index (κ2) is 5.19. The molecule has 1 aliphatic rings. The quantitative estimate of drug-likeness (QED) is 0.896. The average molecular weight is 261 g/mol. The third-order valence-electron chi connectivity index (χ3n) is 2.69. The smallest absolute Gasteiger partial charge is 0.364 e. The molecular formula is C11H14F3N3O. The van der Waals surface area contributed by atoms with Crippen LogP contribution in [0.5, 0.6) is 0 Å². The molecule has 0 fully saturated rings. The highest BCUT2D eigenvalue weighted by molar-refractivity contribution is 5.27. The Morgan fingerprint density at radius 1 is 1.33 bits per heavy atom. The fraction of sp³-hybridized carbons (Fsp3) is 0.636. The van der Waals surface area contributed by atoms with E-state index >= 15 is 0 Å². The highest BCUT2D eigenvalue weighted by Crippen LogP contribution is 2.17. The number of alkyl halides is 3. The van der Waals surface area contributed by atoms with E-state index in [0.29, 0.717) is 12.4 Å². The van der Waals surface area contributed by atoms with Crippen LogP contribution in [-0.4, -0.2) is 29.3 Å². The zero-order valence-corrected chi connectivity index (χ0v) is 9.97. The fourth-order valence-corrected chi connectivity index (χ4v) is 1.93. The molecule has 4 nitrogen and oxygen atoms in total. The van der Waals surface area contributed by atoms with Crippen LogP contribution in [0, 0.1) is 6.92 Å². The number of fused-ring (bicyclic) bond motifs is 1. The molecule has 0 bridgehead atoms. The van der Waals surface area contributed by atoms with Crippen LogP contribution >= 0.6 is 0 Å². The molecule has 0 saturated carbocycles. The number of nitrogens with zero attached hydrogens (tertiary/aromatic N) is 2. The van der Waals surface area contributed by atoms with Crippen molar-refractivity contribution in [1.29, 1.82) is 0 Å². The second-order valence-corrected chi connectivity index (χ2v) is 4.19. The fourth-order valence-electron chi connectivity index (χ4n) is 1.93. The minimum atomic E-state index is -4.31. The lowest BCUT2D eigenvalue weighted by molar-refractivity contribution is -0.177. The van der Waals surface area contributed by atoms with Crippen molar-refractivity contribution in [3.63, 3.8) is 0 Å². The predicted molar refractivity (Wildman–Crippen MR) is 57.9 cm³/mol. The van der Waals surface area contributed by atoms with Crippen LogP contribution in [0.2, 0.25) is 0 Å². The lowest BCUT2D eigenvalue weighted by Crippen LogP contribution is -2.27. The molecule has 1 aromatic rings. The minimum absolute atomic E-state index is 0.215. The Balaban J connectivity index is 2.03. The molecule has 1 N–H and O–H groups in total. The maximum Gasteiger partial charge on any atom is 0.411 e. The van der Waals surface area contributed by atoms with Gasteiger partial charge in [-0.05, 0) is 25.5 Å². The van der Waals surface area contributed by atoms with E-state index in [1.54, 1.807) is 0 Å². The van der Waals surface area contributed by atoms with Gasteiger partial charge in [-0.15, -0.1) is 0 Å². The molecule has 1 aromatic heterocycles. The van der Waals surface area contributed by atoms with E-state index in [-0.39, 0.29) is 6.61 Å². The average Bonchev–Trinajstić information content (AvgIpc) is 2.27. The molecule has 0 amide bonds. The van der Waals surface area contributed by atoms with Crippen LogP contribution in [0.1, 0.15) is 22.8 Å². The first kappa shape index (κ1) is 13.2. The molecule has 1 aliphatic heterocycles. The van der Waals surface area contributed by atoms with Crippen LogP contribution < -0.4 is 5.32 Å². The maximum atomic E-state index is 11.9. The molecule has 0 saturated heterocycles. The molecule has 0 aromatic carbocycles. The van der Waals surface area contributed by atoms with Crippen molar-refractivity contribution in [2.24, 2.45) is 0 Å². The van der Waals surface area contributed by atoms with Gasteiger partial charge in [0.15, 0.2) is 5.82 Å². The van der Waals surface area contributed by atoms with E-state index in [0.717, 1.165) is 29.9 Å². The molecule has 0 unspecified atom stereocenters. The van der Waals surface area contributed by atoms with Gasteiger partial charge in [-0.25, -0.2) is 9.97 Å². The standard InChI is InChI=1S/C11H14F3N3O/c1-7-8-2-3-15-4-9(8)17-10(16-7)5-18-6-11(12,13)14/h15H,2-6H2,1H3. The molecule has 0 aliphatic carbocycles. The lowest BCUT2D eigenvalue weighted by atomic mass is 10.1. The second-order valence-electron chi connectivity index (χ2n) is 4.19. The maximum absolute atomic E-state index is 11.9. The van der Waals surface area contributed by atoms with Crippen LogP contribution in [0.4, 0.5) is 13.2 Å². The van der Waals surface area contributed by atoms with Gasteiger partial charge in [-0.1, -0.05) is 0 Å². The van der Waals surface area contributed by atoms with Crippen molar-refractivity contribution in [3.05, 3.63) is 22.8 Å². The topological polar surface area (TPSA) is 47.0 Å². The Labute approximate surface area is 103 Å². The Morgan fingerprint density at radius 2 is 2.11 bits per heavy atom. The molecule has 0 spiro atoms. The van der Waals surface area contributed by atoms with Crippen molar-refractivity contribution >= 4 is 0 Å². The predicted octanol–water partition coefficient (Wildman–Crippen LogP) is 1.51. The van der Waals surface area contributed by atoms with Gasteiger partial charge in [0.2, 0.25) is 0 Å². The molecule has 18 heavy (non-hydrogen) atoms. The summed E-state index contributed by atoms with van der Waals surface area (Å²) in [6, 6.07) is 0. The summed E-state index contributed by atoms with van der Waals surface area (Å²) >= 11 is 0. The van der Waals surface area contributed by atoms with Gasteiger partial charge in [-0.3, -0.25) is 0 Å². The van der Waals surface area contributed by atoms with E-state index < -0.39 is 12.8 Å². The van der Waals surface area contributed by atoms with E-state index in [2.05, 4.69) is 20.0 Å². The Bertz CT molecular complexity index is 434. The molecule has 7 heteroatoms. The Kier molecular flexibility index (Phi) is 3.82. The molecule has 100 valence electrons. The SMILES string of the molecule is Cc1nc(COCC(F)(F)F)nc2c1CCNC2. The van der Waals surface area contributed by atoms with Gasteiger partial charge in [0, 0.05) is 12.2 Å². The summed E-state index contributed by atoms with van der Waals surface area (Å²) < 4.78 is 40.4. The monoisotopic (exact) mass is 261 g/mol. The number of aromatic nitrogens is 2. The highest BCUT2D eigenvalue weighted by atomic mass is 19.4. The molecule has 2 rings (SSSR count). The lowest BCUT2D eigenvalue weighted by Gasteiger charge is -2.18. The van der Waals surface area contributed by atoms with Gasteiger partial charge in [-0.2, -0.15) is 13.2 Å². The van der Waals surface area contributed by atoms with Crippen LogP contribution in [-0.2, 0) is 24.3 Å². The number of rotatable bonds is 3. The summed E-state index contributed by atoms with van der Waals surface area (Å²) in [6.07, 6.45) is -3.46. The molecular weight excluding hydrogens is 247 g/mol. The molecule has 0 radical (unpaired) electrons. The zero-order chi connectivity index (χ0) is 13.2. The number of hydrogen-bond acceptors (Lipinski definition) is 4. The van der Waals surface area contributed by atoms with Crippen molar-refractivity contribution in [3.8, 4) is 0 Å². The first-order chi connectivity index (χ1) is 8.46. The van der Waals surface area contributed by atoms with E-state index in [4.69, 9.17) is 0 Å². The van der Waals surface area contributed by atoms with Crippen molar-refractivity contribution in [2.75, 3.05) is 13.2 Å². The van der Waals surface area contributed by atoms with Gasteiger partial charge in [0.1, 0.15) is 13.2 Å². The number of aryl methyl sites for hydroxylation is 1. The minimum Gasteiger partial charge on any atom is -0.364 e. The summed E-state index contributed by atoms with van der Waals surface area (Å²) in [4.78, 5) is 8.40. The number of halogens is 3. The van der Waals surface area contributed by atoms with Gasteiger partial charge in [0.05, 0.1) is 5.69 Å². The van der Waals surface area contributed by atoms with Crippen molar-refractivity contribution in [1.82, 2.24) is 15.3 Å². The first-order valence-electron chi connectivity index (χ1n) is 5.66. The highest BCUT2D eigenvalue weighted by Gasteiger charge is 2.27. The van der Waals surface area contributed by atoms with Gasteiger partial charge < -0.3 is 10.1 Å².